The maximum Gasteiger partial charge on any atom is 0.152 e. The topological polar surface area (TPSA) is 24.9 Å². The summed E-state index contributed by atoms with van der Waals surface area (Å²) in [5.41, 5.74) is 1.32. The number of aromatic nitrogens is 1. The van der Waals surface area contributed by atoms with Gasteiger partial charge in [0.2, 0.25) is 0 Å². The predicted molar refractivity (Wildman–Crippen MR) is 76.4 cm³/mol. The molecule has 3 rings (SSSR count). The number of nitrogens with zero attached hydrogens (tertiary/aromatic N) is 1. The molecular weight excluding hydrogens is 282 g/mol. The fourth-order valence-corrected chi connectivity index (χ4v) is 2.18. The summed E-state index contributed by atoms with van der Waals surface area (Å²) in [7, 11) is 0. The van der Waals surface area contributed by atoms with E-state index in [2.05, 4.69) is 10.3 Å². The van der Waals surface area contributed by atoms with E-state index in [1.54, 1.807) is 24.3 Å². The number of benzene rings is 2. The van der Waals surface area contributed by atoms with Gasteiger partial charge in [-0.3, -0.25) is 4.98 Å². The Balaban J connectivity index is 2.15. The first-order valence-corrected chi connectivity index (χ1v) is 6.28. The molecule has 0 radical (unpaired) electrons. The summed E-state index contributed by atoms with van der Waals surface area (Å²) in [4.78, 5) is 3.93. The van der Waals surface area contributed by atoms with E-state index < -0.39 is 11.6 Å². The molecule has 0 saturated heterocycles. The van der Waals surface area contributed by atoms with E-state index in [0.29, 0.717) is 21.8 Å². The van der Waals surface area contributed by atoms with Crippen molar-refractivity contribution in [1.82, 2.24) is 4.98 Å². The molecule has 0 bridgehead atoms. The first-order valence-electron chi connectivity index (χ1n) is 5.90. The Labute approximate surface area is 119 Å². The van der Waals surface area contributed by atoms with Gasteiger partial charge in [-0.2, -0.15) is 0 Å². The number of hydrogen-bond donors (Lipinski definition) is 1. The molecule has 0 aliphatic heterocycles. The first-order chi connectivity index (χ1) is 9.65. The van der Waals surface area contributed by atoms with Gasteiger partial charge >= 0.3 is 0 Å². The van der Waals surface area contributed by atoms with Gasteiger partial charge in [-0.05, 0) is 24.3 Å². The van der Waals surface area contributed by atoms with Crippen molar-refractivity contribution < 1.29 is 8.78 Å². The molecule has 0 fully saturated rings. The highest BCUT2D eigenvalue weighted by molar-refractivity contribution is 6.33. The third kappa shape index (κ3) is 2.30. The third-order valence-corrected chi connectivity index (χ3v) is 3.24. The average molecular weight is 291 g/mol. The van der Waals surface area contributed by atoms with Gasteiger partial charge in [0.05, 0.1) is 10.7 Å². The van der Waals surface area contributed by atoms with E-state index >= 15 is 0 Å². The maximum atomic E-state index is 13.7. The second kappa shape index (κ2) is 5.06. The van der Waals surface area contributed by atoms with E-state index in [4.69, 9.17) is 11.6 Å². The van der Waals surface area contributed by atoms with Gasteiger partial charge in [-0.25, -0.2) is 8.78 Å². The zero-order chi connectivity index (χ0) is 14.1. The van der Waals surface area contributed by atoms with E-state index in [1.807, 2.05) is 6.07 Å². The van der Waals surface area contributed by atoms with Crippen molar-refractivity contribution in [2.45, 2.75) is 0 Å². The molecular formula is C15H9ClF2N2. The number of rotatable bonds is 2. The normalized spacial score (nSPS) is 10.8. The van der Waals surface area contributed by atoms with Gasteiger partial charge in [0, 0.05) is 23.3 Å². The second-order valence-corrected chi connectivity index (χ2v) is 4.65. The van der Waals surface area contributed by atoms with Crippen LogP contribution < -0.4 is 5.32 Å². The van der Waals surface area contributed by atoms with Gasteiger partial charge in [-0.1, -0.05) is 23.7 Å². The fraction of sp³-hybridized carbons (Fsp3) is 0. The Morgan fingerprint density at radius 3 is 2.60 bits per heavy atom. The van der Waals surface area contributed by atoms with Crippen LogP contribution in [-0.2, 0) is 0 Å². The summed E-state index contributed by atoms with van der Waals surface area (Å²) in [6.07, 6.45) is 1.46. The lowest BCUT2D eigenvalue weighted by Crippen LogP contribution is -1.95. The molecule has 0 aliphatic rings. The van der Waals surface area contributed by atoms with Crippen molar-refractivity contribution in [2.24, 2.45) is 0 Å². The number of anilines is 2. The van der Waals surface area contributed by atoms with E-state index in [9.17, 15) is 8.78 Å². The van der Waals surface area contributed by atoms with Crippen LogP contribution in [0.5, 0.6) is 0 Å². The Morgan fingerprint density at radius 2 is 1.80 bits per heavy atom. The molecule has 0 aliphatic carbocycles. The van der Waals surface area contributed by atoms with Crippen molar-refractivity contribution in [3.8, 4) is 0 Å². The SMILES string of the molecule is Fc1cc(F)c2nccc(Nc3ccccc3Cl)c2c1. The van der Waals surface area contributed by atoms with Crippen LogP contribution in [0.3, 0.4) is 0 Å². The van der Waals surface area contributed by atoms with Crippen molar-refractivity contribution >= 4 is 33.9 Å². The minimum atomic E-state index is -0.692. The maximum absolute atomic E-state index is 13.7. The van der Waals surface area contributed by atoms with Crippen molar-refractivity contribution in [3.63, 3.8) is 0 Å². The Morgan fingerprint density at radius 1 is 1.00 bits per heavy atom. The third-order valence-electron chi connectivity index (χ3n) is 2.91. The molecule has 0 atom stereocenters. The highest BCUT2D eigenvalue weighted by Crippen LogP contribution is 2.30. The zero-order valence-electron chi connectivity index (χ0n) is 10.2. The molecule has 20 heavy (non-hydrogen) atoms. The van der Waals surface area contributed by atoms with Crippen LogP contribution in [0.4, 0.5) is 20.2 Å². The molecule has 5 heteroatoms. The van der Waals surface area contributed by atoms with Gasteiger partial charge in [0.15, 0.2) is 5.82 Å². The largest absolute Gasteiger partial charge is 0.354 e. The minimum absolute atomic E-state index is 0.114. The number of halogens is 3. The number of nitrogens with one attached hydrogen (secondary N) is 1. The van der Waals surface area contributed by atoms with E-state index in [-0.39, 0.29) is 5.52 Å². The molecule has 0 amide bonds. The Hall–Kier alpha value is -2.20. The number of hydrogen-bond acceptors (Lipinski definition) is 2. The molecule has 100 valence electrons. The summed E-state index contributed by atoms with van der Waals surface area (Å²) >= 11 is 6.06. The van der Waals surface area contributed by atoms with Crippen LogP contribution in [0.1, 0.15) is 0 Å². The molecule has 0 saturated carbocycles. The number of para-hydroxylation sites is 1. The molecule has 2 nitrogen and oxygen atoms in total. The predicted octanol–water partition coefficient (Wildman–Crippen LogP) is 4.91. The fourth-order valence-electron chi connectivity index (χ4n) is 2.00. The van der Waals surface area contributed by atoms with Gasteiger partial charge < -0.3 is 5.32 Å². The molecule has 3 aromatic rings. The van der Waals surface area contributed by atoms with Crippen LogP contribution >= 0.6 is 11.6 Å². The molecule has 0 spiro atoms. The van der Waals surface area contributed by atoms with Crippen LogP contribution in [-0.4, -0.2) is 4.98 Å². The van der Waals surface area contributed by atoms with Crippen molar-refractivity contribution in [3.05, 3.63) is 65.3 Å². The highest BCUT2D eigenvalue weighted by atomic mass is 35.5. The molecule has 1 N–H and O–H groups in total. The summed E-state index contributed by atoms with van der Waals surface area (Å²) in [6.45, 7) is 0. The van der Waals surface area contributed by atoms with E-state index in [0.717, 1.165) is 6.07 Å². The smallest absolute Gasteiger partial charge is 0.152 e. The van der Waals surface area contributed by atoms with Crippen molar-refractivity contribution in [2.75, 3.05) is 5.32 Å². The molecule has 0 unspecified atom stereocenters. The van der Waals surface area contributed by atoms with Crippen LogP contribution in [0.2, 0.25) is 5.02 Å². The van der Waals surface area contributed by atoms with Gasteiger partial charge in [-0.15, -0.1) is 0 Å². The lowest BCUT2D eigenvalue weighted by molar-refractivity contribution is 0.590. The molecule has 1 heterocycles. The lowest BCUT2D eigenvalue weighted by Gasteiger charge is -2.11. The quantitative estimate of drug-likeness (QED) is 0.725. The zero-order valence-corrected chi connectivity index (χ0v) is 11.0. The lowest BCUT2D eigenvalue weighted by atomic mass is 10.1. The highest BCUT2D eigenvalue weighted by Gasteiger charge is 2.10. The summed E-state index contributed by atoms with van der Waals surface area (Å²) in [5, 5.41) is 3.95. The monoisotopic (exact) mass is 290 g/mol. The van der Waals surface area contributed by atoms with Crippen LogP contribution in [0.25, 0.3) is 10.9 Å². The van der Waals surface area contributed by atoms with Crippen molar-refractivity contribution in [1.29, 1.82) is 0 Å². The number of pyridine rings is 1. The van der Waals surface area contributed by atoms with E-state index in [1.165, 1.54) is 12.3 Å². The Bertz CT molecular complexity index is 790. The van der Waals surface area contributed by atoms with Crippen LogP contribution in [0, 0.1) is 11.6 Å². The Kier molecular flexibility index (Phi) is 3.24. The first kappa shape index (κ1) is 12.8. The summed E-state index contributed by atoms with van der Waals surface area (Å²) in [6, 6.07) is 10.8. The molecule has 2 aromatic carbocycles. The van der Waals surface area contributed by atoms with Gasteiger partial charge in [0.1, 0.15) is 11.3 Å². The average Bonchev–Trinajstić information content (AvgIpc) is 2.42. The minimum Gasteiger partial charge on any atom is -0.354 e. The van der Waals surface area contributed by atoms with Crippen LogP contribution in [0.15, 0.2) is 48.7 Å². The van der Waals surface area contributed by atoms with Gasteiger partial charge in [0.25, 0.3) is 0 Å². The summed E-state index contributed by atoms with van der Waals surface area (Å²) < 4.78 is 27.1. The number of fused-ring (bicyclic) bond motifs is 1. The second-order valence-electron chi connectivity index (χ2n) is 4.25. The molecule has 1 aromatic heterocycles. The standard InChI is InChI=1S/C15H9ClF2N2/c16-11-3-1-2-4-14(11)20-13-5-6-19-15-10(13)7-9(17)8-12(15)18/h1-8H,(H,19,20). The summed E-state index contributed by atoms with van der Waals surface area (Å²) in [5.74, 6) is -1.34.